The van der Waals surface area contributed by atoms with Gasteiger partial charge in [-0.05, 0) is 24.8 Å². The van der Waals surface area contributed by atoms with Crippen LogP contribution in [-0.4, -0.2) is 29.5 Å². The van der Waals surface area contributed by atoms with Crippen LogP contribution in [0.4, 0.5) is 0 Å². The molecule has 0 fully saturated rings. The van der Waals surface area contributed by atoms with E-state index in [1.807, 2.05) is 30.3 Å². The SMILES string of the molecule is O=C(O)CCCNC(=O)CCCCCCCCCCCCCCC(=O)OCc1ccccc1. The van der Waals surface area contributed by atoms with E-state index < -0.39 is 5.97 Å². The maximum atomic E-state index is 11.8. The second kappa shape index (κ2) is 20.3. The van der Waals surface area contributed by atoms with Gasteiger partial charge in [-0.3, -0.25) is 14.4 Å². The molecule has 0 aliphatic rings. The summed E-state index contributed by atoms with van der Waals surface area (Å²) in [7, 11) is 0. The van der Waals surface area contributed by atoms with Crippen molar-refractivity contribution in [2.75, 3.05) is 6.54 Å². The molecule has 33 heavy (non-hydrogen) atoms. The first-order valence-electron chi connectivity index (χ1n) is 12.8. The molecule has 186 valence electrons. The molecule has 0 bridgehead atoms. The van der Waals surface area contributed by atoms with Crippen LogP contribution in [0.5, 0.6) is 0 Å². The van der Waals surface area contributed by atoms with Crippen LogP contribution in [-0.2, 0) is 25.7 Å². The van der Waals surface area contributed by atoms with Gasteiger partial charge in [0, 0.05) is 25.8 Å². The van der Waals surface area contributed by atoms with Crippen LogP contribution in [0.2, 0.25) is 0 Å². The van der Waals surface area contributed by atoms with Crippen molar-refractivity contribution in [2.24, 2.45) is 0 Å². The molecule has 1 aromatic rings. The van der Waals surface area contributed by atoms with E-state index in [0.717, 1.165) is 31.2 Å². The minimum Gasteiger partial charge on any atom is -0.481 e. The molecule has 6 nitrogen and oxygen atoms in total. The van der Waals surface area contributed by atoms with Gasteiger partial charge < -0.3 is 15.2 Å². The number of unbranched alkanes of at least 4 members (excludes halogenated alkanes) is 11. The summed E-state index contributed by atoms with van der Waals surface area (Å²) in [6.45, 7) is 0.817. The summed E-state index contributed by atoms with van der Waals surface area (Å²) in [6.07, 6.45) is 15.5. The Hall–Kier alpha value is -2.37. The van der Waals surface area contributed by atoms with Gasteiger partial charge in [0.05, 0.1) is 0 Å². The Bertz CT molecular complexity index is 647. The molecule has 0 heterocycles. The van der Waals surface area contributed by atoms with Crippen molar-refractivity contribution >= 4 is 17.8 Å². The van der Waals surface area contributed by atoms with Crippen molar-refractivity contribution in [1.29, 1.82) is 0 Å². The van der Waals surface area contributed by atoms with Crippen molar-refractivity contribution < 1.29 is 24.2 Å². The number of ether oxygens (including phenoxy) is 1. The fourth-order valence-corrected chi connectivity index (χ4v) is 3.69. The highest BCUT2D eigenvalue weighted by molar-refractivity contribution is 5.75. The van der Waals surface area contributed by atoms with Gasteiger partial charge in [0.1, 0.15) is 6.61 Å². The molecule has 0 atom stereocenters. The van der Waals surface area contributed by atoms with Gasteiger partial charge in [-0.1, -0.05) is 94.5 Å². The number of carboxylic acid groups (broad SMARTS) is 1. The third kappa shape index (κ3) is 18.9. The highest BCUT2D eigenvalue weighted by atomic mass is 16.5. The van der Waals surface area contributed by atoms with Crippen LogP contribution in [0.1, 0.15) is 108 Å². The Kier molecular flexibility index (Phi) is 17.6. The van der Waals surface area contributed by atoms with E-state index in [9.17, 15) is 14.4 Å². The second-order valence-corrected chi connectivity index (χ2v) is 8.74. The number of hydrogen-bond acceptors (Lipinski definition) is 4. The summed E-state index contributed by atoms with van der Waals surface area (Å²) >= 11 is 0. The highest BCUT2D eigenvalue weighted by Crippen LogP contribution is 2.13. The minimum atomic E-state index is -0.821. The summed E-state index contributed by atoms with van der Waals surface area (Å²) < 4.78 is 5.30. The maximum Gasteiger partial charge on any atom is 0.306 e. The van der Waals surface area contributed by atoms with Gasteiger partial charge in [0.25, 0.3) is 0 Å². The fraction of sp³-hybridized carbons (Fsp3) is 0.667. The van der Waals surface area contributed by atoms with E-state index >= 15 is 0 Å². The summed E-state index contributed by atoms with van der Waals surface area (Å²) in [5.41, 5.74) is 1.03. The molecule has 0 unspecified atom stereocenters. The van der Waals surface area contributed by atoms with Crippen LogP contribution >= 0.6 is 0 Å². The third-order valence-electron chi connectivity index (χ3n) is 5.67. The molecule has 6 heteroatoms. The van der Waals surface area contributed by atoms with Gasteiger partial charge in [-0.25, -0.2) is 0 Å². The van der Waals surface area contributed by atoms with Gasteiger partial charge in [-0.15, -0.1) is 0 Å². The Balaban J connectivity index is 1.77. The zero-order valence-corrected chi connectivity index (χ0v) is 20.2. The van der Waals surface area contributed by atoms with Crippen LogP contribution in [0, 0.1) is 0 Å². The molecular formula is C27H43NO5. The molecule has 0 spiro atoms. The van der Waals surface area contributed by atoms with Crippen molar-refractivity contribution in [3.05, 3.63) is 35.9 Å². The number of carbonyl (C=O) groups is 3. The second-order valence-electron chi connectivity index (χ2n) is 8.74. The first kappa shape index (κ1) is 28.7. The Morgan fingerprint density at radius 1 is 0.667 bits per heavy atom. The van der Waals surface area contributed by atoms with Gasteiger partial charge in [0.15, 0.2) is 0 Å². The molecule has 0 aliphatic heterocycles. The summed E-state index contributed by atoms with van der Waals surface area (Å²) in [5, 5.41) is 11.3. The van der Waals surface area contributed by atoms with Crippen molar-refractivity contribution in [3.8, 4) is 0 Å². The molecule has 1 amide bonds. The predicted molar refractivity (Wildman–Crippen MR) is 131 cm³/mol. The fourth-order valence-electron chi connectivity index (χ4n) is 3.69. The van der Waals surface area contributed by atoms with Crippen LogP contribution in [0.3, 0.4) is 0 Å². The zero-order valence-electron chi connectivity index (χ0n) is 20.2. The van der Waals surface area contributed by atoms with E-state index in [0.29, 0.717) is 32.4 Å². The molecule has 0 aliphatic carbocycles. The summed E-state index contributed by atoms with van der Waals surface area (Å²) in [6, 6.07) is 9.78. The molecule has 2 N–H and O–H groups in total. The van der Waals surface area contributed by atoms with Gasteiger partial charge in [0.2, 0.25) is 5.91 Å². The van der Waals surface area contributed by atoms with E-state index in [1.165, 1.54) is 51.4 Å². The number of hydrogen-bond donors (Lipinski definition) is 2. The monoisotopic (exact) mass is 461 g/mol. The normalized spacial score (nSPS) is 10.7. The first-order valence-corrected chi connectivity index (χ1v) is 12.8. The number of esters is 1. The Labute approximate surface area is 199 Å². The zero-order chi connectivity index (χ0) is 24.0. The average molecular weight is 462 g/mol. The minimum absolute atomic E-state index is 0.0319. The van der Waals surface area contributed by atoms with Crippen LogP contribution in [0.15, 0.2) is 30.3 Å². The number of nitrogens with one attached hydrogen (secondary N) is 1. The standard InChI is InChI=1S/C27H43NO5/c29-25(28-22-16-20-26(30)31)19-14-9-7-5-3-1-2-4-6-8-10-15-21-27(32)33-23-24-17-12-11-13-18-24/h11-13,17-18H,1-10,14-16,19-23H2,(H,28,29)(H,30,31). The quantitative estimate of drug-likeness (QED) is 0.169. The Morgan fingerprint density at radius 2 is 1.18 bits per heavy atom. The lowest BCUT2D eigenvalue weighted by Gasteiger charge is -2.05. The number of aliphatic carboxylic acids is 1. The number of carbonyl (C=O) groups excluding carboxylic acids is 2. The topological polar surface area (TPSA) is 92.7 Å². The van der Waals surface area contributed by atoms with Gasteiger partial charge in [-0.2, -0.15) is 0 Å². The van der Waals surface area contributed by atoms with E-state index in [1.54, 1.807) is 0 Å². The van der Waals surface area contributed by atoms with E-state index in [4.69, 9.17) is 9.84 Å². The summed E-state index contributed by atoms with van der Waals surface area (Å²) in [5.74, 6) is -0.891. The molecule has 0 saturated heterocycles. The molecule has 1 aromatic carbocycles. The first-order chi connectivity index (χ1) is 16.1. The molecular weight excluding hydrogens is 418 g/mol. The average Bonchev–Trinajstić information content (AvgIpc) is 2.81. The smallest absolute Gasteiger partial charge is 0.306 e. The van der Waals surface area contributed by atoms with Gasteiger partial charge >= 0.3 is 11.9 Å². The van der Waals surface area contributed by atoms with Crippen molar-refractivity contribution in [2.45, 2.75) is 109 Å². The molecule has 0 saturated carbocycles. The van der Waals surface area contributed by atoms with Crippen LogP contribution in [0.25, 0.3) is 0 Å². The van der Waals surface area contributed by atoms with E-state index in [2.05, 4.69) is 5.32 Å². The lowest BCUT2D eigenvalue weighted by molar-refractivity contribution is -0.145. The number of rotatable bonds is 21. The third-order valence-corrected chi connectivity index (χ3v) is 5.67. The van der Waals surface area contributed by atoms with Crippen LogP contribution < -0.4 is 5.32 Å². The lowest BCUT2D eigenvalue weighted by atomic mass is 10.0. The summed E-state index contributed by atoms with van der Waals surface area (Å²) in [4.78, 5) is 33.8. The largest absolute Gasteiger partial charge is 0.481 e. The molecule has 1 rings (SSSR count). The molecule has 0 radical (unpaired) electrons. The molecule has 0 aromatic heterocycles. The Morgan fingerprint density at radius 3 is 1.73 bits per heavy atom. The number of benzene rings is 1. The number of carboxylic acids is 1. The predicted octanol–water partition coefficient (Wildman–Crippen LogP) is 6.17. The number of amides is 1. The highest BCUT2D eigenvalue weighted by Gasteiger charge is 2.04. The van der Waals surface area contributed by atoms with Crippen molar-refractivity contribution in [3.63, 3.8) is 0 Å². The van der Waals surface area contributed by atoms with E-state index in [-0.39, 0.29) is 18.3 Å². The maximum absolute atomic E-state index is 11.8. The van der Waals surface area contributed by atoms with Crippen molar-refractivity contribution in [1.82, 2.24) is 5.32 Å². The lowest BCUT2D eigenvalue weighted by Crippen LogP contribution is -2.24.